The first-order valence-corrected chi connectivity index (χ1v) is 9.52. The van der Waals surface area contributed by atoms with E-state index in [0.717, 1.165) is 6.07 Å². The molecule has 0 saturated carbocycles. The molecule has 31 heavy (non-hydrogen) atoms. The van der Waals surface area contributed by atoms with E-state index in [9.17, 15) is 20.1 Å². The van der Waals surface area contributed by atoms with Crippen LogP contribution >= 0.6 is 0 Å². The highest BCUT2D eigenvalue weighted by Crippen LogP contribution is 2.43. The molecule has 0 aliphatic carbocycles. The van der Waals surface area contributed by atoms with Crippen LogP contribution in [0.1, 0.15) is 17.0 Å². The third-order valence-corrected chi connectivity index (χ3v) is 5.17. The fraction of sp³-hybridized carbons (Fsp3) is 0.0800. The maximum atomic E-state index is 12.9. The molecule has 0 spiro atoms. The lowest BCUT2D eigenvalue weighted by atomic mass is 9.88. The van der Waals surface area contributed by atoms with Gasteiger partial charge in [0.25, 0.3) is 0 Å². The van der Waals surface area contributed by atoms with E-state index in [4.69, 9.17) is 9.15 Å². The number of allylic oxidation sites excluding steroid dienone is 1. The lowest BCUT2D eigenvalue weighted by molar-refractivity contribution is 0.373. The summed E-state index contributed by atoms with van der Waals surface area (Å²) in [6.45, 7) is 3.87. The fourth-order valence-electron chi connectivity index (χ4n) is 3.68. The Balaban J connectivity index is 2.03. The summed E-state index contributed by atoms with van der Waals surface area (Å²) in [6, 6.07) is 16.2. The van der Waals surface area contributed by atoms with Gasteiger partial charge in [-0.25, -0.2) is 0 Å². The highest BCUT2D eigenvalue weighted by molar-refractivity contribution is 5.90. The molecule has 1 heterocycles. The predicted molar refractivity (Wildman–Crippen MR) is 118 cm³/mol. The Hall–Kier alpha value is -4.19. The van der Waals surface area contributed by atoms with Gasteiger partial charge in [0.05, 0.1) is 7.11 Å². The first-order valence-electron chi connectivity index (χ1n) is 9.52. The number of phenols is 3. The normalized spacial score (nSPS) is 11.9. The van der Waals surface area contributed by atoms with Crippen molar-refractivity contribution in [2.45, 2.75) is 5.92 Å². The predicted octanol–water partition coefficient (Wildman–Crippen LogP) is 4.90. The van der Waals surface area contributed by atoms with Gasteiger partial charge in [-0.05, 0) is 17.7 Å². The molecule has 0 radical (unpaired) electrons. The molecule has 0 fully saturated rings. The van der Waals surface area contributed by atoms with Crippen LogP contribution in [0.5, 0.6) is 23.0 Å². The highest BCUT2D eigenvalue weighted by atomic mass is 16.5. The second kappa shape index (κ2) is 7.91. The van der Waals surface area contributed by atoms with Gasteiger partial charge in [-0.15, -0.1) is 6.58 Å². The number of aromatic hydroxyl groups is 3. The van der Waals surface area contributed by atoms with Crippen molar-refractivity contribution in [2.75, 3.05) is 7.11 Å². The molecule has 0 amide bonds. The molecule has 6 heteroatoms. The molecule has 6 nitrogen and oxygen atoms in total. The van der Waals surface area contributed by atoms with Crippen molar-refractivity contribution in [1.82, 2.24) is 0 Å². The van der Waals surface area contributed by atoms with Gasteiger partial charge in [-0.3, -0.25) is 4.79 Å². The molecule has 3 aromatic carbocycles. The van der Waals surface area contributed by atoms with Crippen molar-refractivity contribution in [3.63, 3.8) is 0 Å². The molecule has 0 bridgehead atoms. The summed E-state index contributed by atoms with van der Waals surface area (Å²) in [5.74, 6) is -0.738. The molecular formula is C25H20O6. The van der Waals surface area contributed by atoms with Gasteiger partial charge in [0.2, 0.25) is 0 Å². The van der Waals surface area contributed by atoms with Crippen LogP contribution in [0.25, 0.3) is 22.3 Å². The quantitative estimate of drug-likeness (QED) is 0.400. The number of benzene rings is 3. The maximum Gasteiger partial charge on any atom is 0.197 e. The summed E-state index contributed by atoms with van der Waals surface area (Å²) in [7, 11) is 1.43. The Kier molecular flexibility index (Phi) is 5.13. The standard InChI is InChI=1S/C25H20O6/c1-3-16(15-9-10-17(26)22(11-15)30-2)23-18(27)12-19(28)24-20(29)13-21(31-25(23)24)14-7-5-4-6-8-14/h3-13,16,26-28H,1H2,2H3/t16-/m1/s1. The van der Waals surface area contributed by atoms with Crippen LogP contribution in [0, 0.1) is 0 Å². The summed E-state index contributed by atoms with van der Waals surface area (Å²) < 4.78 is 11.2. The van der Waals surface area contributed by atoms with Gasteiger partial charge >= 0.3 is 0 Å². The van der Waals surface area contributed by atoms with Crippen molar-refractivity contribution in [1.29, 1.82) is 0 Å². The molecule has 3 N–H and O–H groups in total. The Morgan fingerprint density at radius 3 is 2.39 bits per heavy atom. The van der Waals surface area contributed by atoms with Crippen LogP contribution in [-0.2, 0) is 0 Å². The van der Waals surface area contributed by atoms with E-state index >= 15 is 0 Å². The average Bonchev–Trinajstić information content (AvgIpc) is 2.77. The van der Waals surface area contributed by atoms with E-state index in [1.54, 1.807) is 30.3 Å². The second-order valence-corrected chi connectivity index (χ2v) is 7.02. The summed E-state index contributed by atoms with van der Waals surface area (Å²) >= 11 is 0. The smallest absolute Gasteiger partial charge is 0.197 e. The highest BCUT2D eigenvalue weighted by Gasteiger charge is 2.25. The van der Waals surface area contributed by atoms with Gasteiger partial charge in [0.1, 0.15) is 28.2 Å². The zero-order valence-electron chi connectivity index (χ0n) is 16.7. The van der Waals surface area contributed by atoms with Crippen molar-refractivity contribution < 1.29 is 24.5 Å². The zero-order valence-corrected chi connectivity index (χ0v) is 16.7. The van der Waals surface area contributed by atoms with Crippen LogP contribution in [0.4, 0.5) is 0 Å². The van der Waals surface area contributed by atoms with Gasteiger partial charge in [0, 0.05) is 29.2 Å². The third kappa shape index (κ3) is 3.48. The second-order valence-electron chi connectivity index (χ2n) is 7.02. The van der Waals surface area contributed by atoms with Crippen LogP contribution in [0.15, 0.2) is 82.5 Å². The average molecular weight is 416 g/mol. The number of phenolic OH excluding ortho intramolecular Hbond substituents is 3. The number of hydrogen-bond acceptors (Lipinski definition) is 6. The minimum absolute atomic E-state index is 0.0354. The number of rotatable bonds is 5. The summed E-state index contributed by atoms with van der Waals surface area (Å²) in [5, 5.41) is 31.0. The minimum Gasteiger partial charge on any atom is -0.507 e. The van der Waals surface area contributed by atoms with E-state index < -0.39 is 11.3 Å². The molecule has 4 rings (SSSR count). The lowest BCUT2D eigenvalue weighted by Crippen LogP contribution is -2.06. The summed E-state index contributed by atoms with van der Waals surface area (Å²) in [6.07, 6.45) is 1.58. The first kappa shape index (κ1) is 20.1. The van der Waals surface area contributed by atoms with Gasteiger partial charge in [0.15, 0.2) is 16.9 Å². The van der Waals surface area contributed by atoms with Crippen molar-refractivity contribution in [3.05, 3.63) is 94.7 Å². The van der Waals surface area contributed by atoms with Crippen molar-refractivity contribution in [3.8, 4) is 34.3 Å². The molecule has 0 unspecified atom stereocenters. The molecule has 0 saturated heterocycles. The zero-order chi connectivity index (χ0) is 22.1. The Morgan fingerprint density at radius 2 is 1.71 bits per heavy atom. The minimum atomic E-state index is -0.619. The molecule has 0 aliphatic rings. The SMILES string of the molecule is C=C[C@H](c1ccc(O)c(OC)c1)c1c(O)cc(O)c2c(=O)cc(-c3ccccc3)oc12. The topological polar surface area (TPSA) is 100 Å². The van der Waals surface area contributed by atoms with Crippen LogP contribution in [0.2, 0.25) is 0 Å². The van der Waals surface area contributed by atoms with E-state index in [-0.39, 0.29) is 39.5 Å². The summed E-state index contributed by atoms with van der Waals surface area (Å²) in [5.41, 5.74) is 1.20. The van der Waals surface area contributed by atoms with Crippen molar-refractivity contribution in [2.24, 2.45) is 0 Å². The molecule has 0 aliphatic heterocycles. The molecule has 4 aromatic rings. The van der Waals surface area contributed by atoms with Gasteiger partial charge < -0.3 is 24.5 Å². The number of hydrogen-bond donors (Lipinski definition) is 3. The number of ether oxygens (including phenoxy) is 1. The Labute approximate surface area is 177 Å². The number of fused-ring (bicyclic) bond motifs is 1. The van der Waals surface area contributed by atoms with E-state index in [1.165, 1.54) is 19.2 Å². The third-order valence-electron chi connectivity index (χ3n) is 5.17. The van der Waals surface area contributed by atoms with Gasteiger partial charge in [-0.2, -0.15) is 0 Å². The van der Waals surface area contributed by atoms with Crippen LogP contribution in [-0.4, -0.2) is 22.4 Å². The molecule has 1 aromatic heterocycles. The van der Waals surface area contributed by atoms with E-state index in [0.29, 0.717) is 16.9 Å². The molecule has 1 atom stereocenters. The molecule has 156 valence electrons. The van der Waals surface area contributed by atoms with E-state index in [2.05, 4.69) is 6.58 Å². The number of methoxy groups -OCH3 is 1. The van der Waals surface area contributed by atoms with Gasteiger partial charge in [-0.1, -0.05) is 42.5 Å². The first-order chi connectivity index (χ1) is 14.9. The monoisotopic (exact) mass is 416 g/mol. The largest absolute Gasteiger partial charge is 0.507 e. The van der Waals surface area contributed by atoms with Crippen LogP contribution in [0.3, 0.4) is 0 Å². The van der Waals surface area contributed by atoms with Crippen LogP contribution < -0.4 is 10.2 Å². The Morgan fingerprint density at radius 1 is 0.968 bits per heavy atom. The lowest BCUT2D eigenvalue weighted by Gasteiger charge is -2.19. The van der Waals surface area contributed by atoms with Crippen molar-refractivity contribution >= 4 is 11.0 Å². The fourth-order valence-corrected chi connectivity index (χ4v) is 3.68. The van der Waals surface area contributed by atoms with E-state index in [1.807, 2.05) is 18.2 Å². The Bertz CT molecular complexity index is 1340. The molecular weight excluding hydrogens is 396 g/mol. The maximum absolute atomic E-state index is 12.9. The summed E-state index contributed by atoms with van der Waals surface area (Å²) in [4.78, 5) is 12.9.